The number of hydrogen-bond acceptors (Lipinski definition) is 5. The predicted octanol–water partition coefficient (Wildman–Crippen LogP) is 2.32. The molecule has 156 valence electrons. The minimum Gasteiger partial charge on any atom is -0.338 e. The standard InChI is InChI=1S/C21H23FN6O2/c22-11-14-3-1-6-26(13-14)20(29)16-9-15-4-2-7-27(19(15)23-12-16)17-5-8-28-18(10-17)24-25-21(28)30/h5,8-10,12,14H,1-4,6-7,11,13H2,(H,25,30)/t14-/m1/s1. The molecule has 2 aliphatic rings. The maximum atomic E-state index is 13.1. The Balaban J connectivity index is 1.43. The number of nitrogens with one attached hydrogen (secondary N) is 1. The summed E-state index contributed by atoms with van der Waals surface area (Å²) in [6.45, 7) is 1.55. The Kier molecular flexibility index (Phi) is 4.72. The maximum absolute atomic E-state index is 13.1. The van der Waals surface area contributed by atoms with E-state index in [1.807, 2.05) is 18.2 Å². The fraction of sp³-hybridized carbons (Fsp3) is 0.429. The monoisotopic (exact) mass is 410 g/mol. The first-order valence-electron chi connectivity index (χ1n) is 10.3. The molecule has 1 fully saturated rings. The Morgan fingerprint density at radius 2 is 2.17 bits per heavy atom. The van der Waals surface area contributed by atoms with E-state index in [1.54, 1.807) is 17.3 Å². The predicted molar refractivity (Wildman–Crippen MR) is 110 cm³/mol. The minimum atomic E-state index is -0.381. The van der Waals surface area contributed by atoms with E-state index < -0.39 is 0 Å². The van der Waals surface area contributed by atoms with Gasteiger partial charge in [-0.2, -0.15) is 5.10 Å². The third kappa shape index (κ3) is 3.24. The smallest absolute Gasteiger partial charge is 0.338 e. The van der Waals surface area contributed by atoms with E-state index in [-0.39, 0.29) is 24.2 Å². The van der Waals surface area contributed by atoms with Gasteiger partial charge >= 0.3 is 5.69 Å². The molecule has 2 aliphatic heterocycles. The first kappa shape index (κ1) is 18.8. The van der Waals surface area contributed by atoms with Gasteiger partial charge in [0.15, 0.2) is 5.65 Å². The van der Waals surface area contributed by atoms with Crippen LogP contribution in [0.1, 0.15) is 35.2 Å². The number of amides is 1. The molecule has 5 rings (SSSR count). The van der Waals surface area contributed by atoms with Gasteiger partial charge in [0.05, 0.1) is 12.2 Å². The van der Waals surface area contributed by atoms with Crippen LogP contribution in [0.4, 0.5) is 15.9 Å². The first-order valence-corrected chi connectivity index (χ1v) is 10.3. The number of H-pyrrole nitrogens is 1. The van der Waals surface area contributed by atoms with Crippen LogP contribution in [0.15, 0.2) is 35.4 Å². The van der Waals surface area contributed by atoms with Gasteiger partial charge in [-0.1, -0.05) is 0 Å². The van der Waals surface area contributed by atoms with Crippen LogP contribution in [0.5, 0.6) is 0 Å². The topological polar surface area (TPSA) is 86.6 Å². The van der Waals surface area contributed by atoms with Crippen molar-refractivity contribution in [2.75, 3.05) is 31.2 Å². The summed E-state index contributed by atoms with van der Waals surface area (Å²) in [6, 6.07) is 5.64. The van der Waals surface area contributed by atoms with Gasteiger partial charge in [-0.15, -0.1) is 0 Å². The summed E-state index contributed by atoms with van der Waals surface area (Å²) in [5.41, 5.74) is 2.75. The van der Waals surface area contributed by atoms with Gasteiger partial charge in [-0.25, -0.2) is 14.9 Å². The number of piperidine rings is 1. The highest BCUT2D eigenvalue weighted by Gasteiger charge is 2.27. The lowest BCUT2D eigenvalue weighted by molar-refractivity contribution is 0.0656. The fourth-order valence-corrected chi connectivity index (χ4v) is 4.45. The number of halogens is 1. The number of aromatic amines is 1. The number of carbonyl (C=O) groups is 1. The molecule has 3 aromatic rings. The van der Waals surface area contributed by atoms with E-state index in [4.69, 9.17) is 0 Å². The van der Waals surface area contributed by atoms with Crippen molar-refractivity contribution in [3.63, 3.8) is 0 Å². The molecule has 0 aromatic carbocycles. The molecular formula is C21H23FN6O2. The first-order chi connectivity index (χ1) is 14.6. The Morgan fingerprint density at radius 1 is 1.27 bits per heavy atom. The summed E-state index contributed by atoms with van der Waals surface area (Å²) in [7, 11) is 0. The second-order valence-electron chi connectivity index (χ2n) is 8.02. The van der Waals surface area contributed by atoms with Gasteiger partial charge in [0.2, 0.25) is 0 Å². The molecular weight excluding hydrogens is 387 g/mol. The van der Waals surface area contributed by atoms with Crippen molar-refractivity contribution < 1.29 is 9.18 Å². The molecule has 30 heavy (non-hydrogen) atoms. The molecule has 0 unspecified atom stereocenters. The normalized spacial score (nSPS) is 19.2. The molecule has 0 bridgehead atoms. The second kappa shape index (κ2) is 7.55. The SMILES string of the molecule is O=C(c1cnc2c(c1)CCCN2c1ccn2c(=O)[nH]nc2c1)N1CCC[C@H](CF)C1. The van der Waals surface area contributed by atoms with Crippen molar-refractivity contribution >= 4 is 23.1 Å². The Labute approximate surface area is 172 Å². The number of alkyl halides is 1. The Bertz CT molecular complexity index is 1160. The third-order valence-electron chi connectivity index (χ3n) is 6.01. The van der Waals surface area contributed by atoms with E-state index in [0.29, 0.717) is 24.3 Å². The lowest BCUT2D eigenvalue weighted by Gasteiger charge is -2.33. The van der Waals surface area contributed by atoms with Crippen molar-refractivity contribution in [3.05, 3.63) is 52.2 Å². The zero-order valence-corrected chi connectivity index (χ0v) is 16.6. The average molecular weight is 410 g/mol. The molecule has 0 spiro atoms. The van der Waals surface area contributed by atoms with Crippen molar-refractivity contribution in [1.82, 2.24) is 24.5 Å². The van der Waals surface area contributed by atoms with Crippen molar-refractivity contribution in [2.45, 2.75) is 25.7 Å². The maximum Gasteiger partial charge on any atom is 0.347 e. The Hall–Kier alpha value is -3.23. The summed E-state index contributed by atoms with van der Waals surface area (Å²) in [4.78, 5) is 33.1. The van der Waals surface area contributed by atoms with Gasteiger partial charge in [0.1, 0.15) is 5.82 Å². The number of rotatable bonds is 3. The van der Waals surface area contributed by atoms with Crippen molar-refractivity contribution in [2.24, 2.45) is 5.92 Å². The number of likely N-dealkylation sites (tertiary alicyclic amines) is 1. The summed E-state index contributed by atoms with van der Waals surface area (Å²) in [5.74, 6) is 0.687. The summed E-state index contributed by atoms with van der Waals surface area (Å²) >= 11 is 0. The van der Waals surface area contributed by atoms with Gasteiger partial charge in [-0.3, -0.25) is 13.6 Å². The highest BCUT2D eigenvalue weighted by Crippen LogP contribution is 2.32. The molecule has 0 saturated carbocycles. The molecule has 1 amide bonds. The number of carbonyl (C=O) groups excluding carboxylic acids is 1. The van der Waals surface area contributed by atoms with Crippen molar-refractivity contribution in [3.8, 4) is 0 Å². The van der Waals surface area contributed by atoms with E-state index in [2.05, 4.69) is 20.1 Å². The second-order valence-corrected chi connectivity index (χ2v) is 8.02. The quantitative estimate of drug-likeness (QED) is 0.716. The highest BCUT2D eigenvalue weighted by atomic mass is 19.1. The number of anilines is 2. The summed E-state index contributed by atoms with van der Waals surface area (Å²) in [6.07, 6.45) is 6.77. The van der Waals surface area contributed by atoms with Crippen molar-refractivity contribution in [1.29, 1.82) is 0 Å². The van der Waals surface area contributed by atoms with Crippen LogP contribution in [0.3, 0.4) is 0 Å². The zero-order valence-electron chi connectivity index (χ0n) is 16.6. The number of nitrogens with zero attached hydrogens (tertiary/aromatic N) is 5. The molecule has 3 aromatic heterocycles. The molecule has 0 aliphatic carbocycles. The largest absolute Gasteiger partial charge is 0.347 e. The van der Waals surface area contributed by atoms with E-state index in [0.717, 1.165) is 49.3 Å². The number of fused-ring (bicyclic) bond motifs is 2. The molecule has 1 saturated heterocycles. The number of aryl methyl sites for hydroxylation is 1. The van der Waals surface area contributed by atoms with Gasteiger partial charge in [-0.05, 0) is 43.4 Å². The van der Waals surface area contributed by atoms with Gasteiger partial charge in [0.25, 0.3) is 5.91 Å². The van der Waals surface area contributed by atoms with Gasteiger partial charge in [0, 0.05) is 49.7 Å². The number of hydrogen-bond donors (Lipinski definition) is 1. The number of aromatic nitrogens is 4. The average Bonchev–Trinajstić information content (AvgIpc) is 3.17. The Morgan fingerprint density at radius 3 is 3.03 bits per heavy atom. The molecule has 5 heterocycles. The summed E-state index contributed by atoms with van der Waals surface area (Å²) < 4.78 is 14.5. The fourth-order valence-electron chi connectivity index (χ4n) is 4.45. The van der Waals surface area contributed by atoms with E-state index in [9.17, 15) is 14.0 Å². The van der Waals surface area contributed by atoms with E-state index in [1.165, 1.54) is 4.40 Å². The highest BCUT2D eigenvalue weighted by molar-refractivity contribution is 5.94. The molecule has 9 heteroatoms. The van der Waals surface area contributed by atoms with E-state index >= 15 is 0 Å². The van der Waals surface area contributed by atoms with Crippen LogP contribution in [0.25, 0.3) is 5.65 Å². The van der Waals surface area contributed by atoms with Gasteiger partial charge < -0.3 is 9.80 Å². The van der Waals surface area contributed by atoms with Crippen LogP contribution >= 0.6 is 0 Å². The molecule has 1 N–H and O–H groups in total. The molecule has 0 radical (unpaired) electrons. The molecule has 1 atom stereocenters. The molecule has 8 nitrogen and oxygen atoms in total. The van der Waals surface area contributed by atoms with Crippen LogP contribution in [-0.2, 0) is 6.42 Å². The number of pyridine rings is 2. The lowest BCUT2D eigenvalue weighted by atomic mass is 9.98. The lowest BCUT2D eigenvalue weighted by Crippen LogP contribution is -2.40. The van der Waals surface area contributed by atoms with Crippen LogP contribution in [0, 0.1) is 5.92 Å². The van der Waals surface area contributed by atoms with Crippen LogP contribution in [-0.4, -0.2) is 56.7 Å². The zero-order chi connectivity index (χ0) is 20.7. The van der Waals surface area contributed by atoms with Crippen LogP contribution in [0.2, 0.25) is 0 Å². The third-order valence-corrected chi connectivity index (χ3v) is 6.01. The minimum absolute atomic E-state index is 0.0618. The summed E-state index contributed by atoms with van der Waals surface area (Å²) in [5, 5.41) is 6.48. The van der Waals surface area contributed by atoms with Crippen LogP contribution < -0.4 is 10.6 Å².